The zero-order valence-electron chi connectivity index (χ0n) is 13.1. The van der Waals surface area contributed by atoms with E-state index in [1.165, 1.54) is 5.56 Å². The van der Waals surface area contributed by atoms with E-state index in [4.69, 9.17) is 4.74 Å². The Bertz CT molecular complexity index is 427. The van der Waals surface area contributed by atoms with Crippen molar-refractivity contribution in [1.82, 2.24) is 4.90 Å². The average molecular weight is 277 g/mol. The Labute approximate surface area is 122 Å². The Morgan fingerprint density at radius 3 is 2.45 bits per heavy atom. The maximum Gasteiger partial charge on any atom is 0.118 e. The molecule has 0 saturated heterocycles. The van der Waals surface area contributed by atoms with E-state index in [0.29, 0.717) is 5.92 Å². The fourth-order valence-electron chi connectivity index (χ4n) is 3.20. The molecule has 1 aliphatic rings. The van der Waals surface area contributed by atoms with Crippen molar-refractivity contribution in [1.29, 1.82) is 0 Å². The van der Waals surface area contributed by atoms with Gasteiger partial charge in [-0.2, -0.15) is 0 Å². The van der Waals surface area contributed by atoms with E-state index in [9.17, 15) is 5.11 Å². The largest absolute Gasteiger partial charge is 0.497 e. The van der Waals surface area contributed by atoms with E-state index in [1.54, 1.807) is 7.11 Å². The number of hydrogen-bond donors (Lipinski definition) is 1. The van der Waals surface area contributed by atoms with E-state index >= 15 is 0 Å². The van der Waals surface area contributed by atoms with Gasteiger partial charge in [0.1, 0.15) is 5.75 Å². The smallest absolute Gasteiger partial charge is 0.118 e. The number of nitrogens with zero attached hydrogens (tertiary/aromatic N) is 1. The van der Waals surface area contributed by atoms with E-state index < -0.39 is 0 Å². The Morgan fingerprint density at radius 2 is 1.95 bits per heavy atom. The first kappa shape index (κ1) is 15.3. The third kappa shape index (κ3) is 3.53. The minimum absolute atomic E-state index is 0.0750. The number of methoxy groups -OCH3 is 1. The molecule has 0 aliphatic heterocycles. The number of aliphatic hydroxyl groups excluding tert-OH is 1. The Balaban J connectivity index is 1.87. The van der Waals surface area contributed by atoms with E-state index in [1.807, 2.05) is 12.1 Å². The lowest BCUT2D eigenvalue weighted by Crippen LogP contribution is -2.34. The van der Waals surface area contributed by atoms with Crippen LogP contribution in [0.2, 0.25) is 0 Å². The summed E-state index contributed by atoms with van der Waals surface area (Å²) in [6, 6.07) is 8.20. The molecule has 1 fully saturated rings. The SMILES string of the molecule is COc1ccc(CN(C)CC2CCC(C)(C)C2O)cc1. The van der Waals surface area contributed by atoms with Crippen LogP contribution in [0.5, 0.6) is 5.75 Å². The van der Waals surface area contributed by atoms with Crippen molar-refractivity contribution in [3.8, 4) is 5.75 Å². The number of rotatable bonds is 5. The molecule has 0 bridgehead atoms. The van der Waals surface area contributed by atoms with Crippen LogP contribution in [0.15, 0.2) is 24.3 Å². The van der Waals surface area contributed by atoms with Crippen LogP contribution in [0, 0.1) is 11.3 Å². The molecule has 1 aromatic rings. The van der Waals surface area contributed by atoms with Crippen LogP contribution >= 0.6 is 0 Å². The zero-order chi connectivity index (χ0) is 14.8. The lowest BCUT2D eigenvalue weighted by Gasteiger charge is -2.28. The molecule has 0 heterocycles. The maximum atomic E-state index is 10.4. The molecule has 1 saturated carbocycles. The highest BCUT2D eigenvalue weighted by atomic mass is 16.5. The molecule has 0 spiro atoms. The lowest BCUT2D eigenvalue weighted by molar-refractivity contribution is 0.0348. The first-order valence-electron chi connectivity index (χ1n) is 7.42. The Hall–Kier alpha value is -1.06. The molecule has 2 unspecified atom stereocenters. The highest BCUT2D eigenvalue weighted by Gasteiger charge is 2.40. The van der Waals surface area contributed by atoms with Gasteiger partial charge in [-0.3, -0.25) is 0 Å². The monoisotopic (exact) mass is 277 g/mol. The Morgan fingerprint density at radius 1 is 1.30 bits per heavy atom. The van der Waals surface area contributed by atoms with Crippen molar-refractivity contribution in [2.45, 2.75) is 39.3 Å². The number of benzene rings is 1. The lowest BCUT2D eigenvalue weighted by atomic mass is 9.87. The van der Waals surface area contributed by atoms with Gasteiger partial charge in [0, 0.05) is 13.1 Å². The molecule has 1 N–H and O–H groups in total. The summed E-state index contributed by atoms with van der Waals surface area (Å²) in [5, 5.41) is 10.4. The van der Waals surface area contributed by atoms with Crippen LogP contribution in [-0.4, -0.2) is 36.8 Å². The third-order valence-electron chi connectivity index (χ3n) is 4.56. The molecule has 3 heteroatoms. The second-order valence-electron chi connectivity index (χ2n) is 6.78. The molecule has 1 aliphatic carbocycles. The molecule has 0 aromatic heterocycles. The van der Waals surface area contributed by atoms with E-state index in [0.717, 1.165) is 31.7 Å². The second-order valence-corrected chi connectivity index (χ2v) is 6.78. The topological polar surface area (TPSA) is 32.7 Å². The molecule has 20 heavy (non-hydrogen) atoms. The van der Waals surface area contributed by atoms with Gasteiger partial charge in [0.15, 0.2) is 0 Å². The van der Waals surface area contributed by atoms with Crippen molar-refractivity contribution in [3.63, 3.8) is 0 Å². The van der Waals surface area contributed by atoms with Gasteiger partial charge >= 0.3 is 0 Å². The predicted octanol–water partition coefficient (Wildman–Crippen LogP) is 2.92. The summed E-state index contributed by atoms with van der Waals surface area (Å²) >= 11 is 0. The summed E-state index contributed by atoms with van der Waals surface area (Å²) in [7, 11) is 3.81. The van der Waals surface area contributed by atoms with Crippen LogP contribution in [0.1, 0.15) is 32.3 Å². The van der Waals surface area contributed by atoms with Gasteiger partial charge in [0.25, 0.3) is 0 Å². The maximum absolute atomic E-state index is 10.4. The summed E-state index contributed by atoms with van der Waals surface area (Å²) in [6.45, 7) is 6.20. The molecule has 0 radical (unpaired) electrons. The Kier molecular flexibility index (Phi) is 4.71. The molecule has 2 atom stereocenters. The van der Waals surface area contributed by atoms with Crippen molar-refractivity contribution in [3.05, 3.63) is 29.8 Å². The normalized spacial score (nSPS) is 25.1. The summed E-state index contributed by atoms with van der Waals surface area (Å²) < 4.78 is 5.17. The van der Waals surface area contributed by atoms with Gasteiger partial charge in [-0.1, -0.05) is 26.0 Å². The van der Waals surface area contributed by atoms with Crippen LogP contribution in [0.4, 0.5) is 0 Å². The van der Waals surface area contributed by atoms with E-state index in [2.05, 4.69) is 37.9 Å². The number of aliphatic hydroxyl groups is 1. The van der Waals surface area contributed by atoms with Crippen molar-refractivity contribution < 1.29 is 9.84 Å². The van der Waals surface area contributed by atoms with Gasteiger partial charge in [-0.15, -0.1) is 0 Å². The first-order chi connectivity index (χ1) is 9.42. The molecular formula is C17H27NO2. The van der Waals surface area contributed by atoms with Crippen molar-refractivity contribution in [2.75, 3.05) is 20.7 Å². The highest BCUT2D eigenvalue weighted by molar-refractivity contribution is 5.27. The van der Waals surface area contributed by atoms with Gasteiger partial charge in [0.05, 0.1) is 13.2 Å². The van der Waals surface area contributed by atoms with Gasteiger partial charge < -0.3 is 14.7 Å². The molecular weight excluding hydrogens is 250 g/mol. The highest BCUT2D eigenvalue weighted by Crippen LogP contribution is 2.41. The van der Waals surface area contributed by atoms with Crippen LogP contribution in [-0.2, 0) is 6.54 Å². The predicted molar refractivity (Wildman–Crippen MR) is 81.8 cm³/mol. The van der Waals surface area contributed by atoms with Gasteiger partial charge in [-0.05, 0) is 48.9 Å². The summed E-state index contributed by atoms with van der Waals surface area (Å²) in [4.78, 5) is 2.30. The molecule has 0 amide bonds. The van der Waals surface area contributed by atoms with E-state index in [-0.39, 0.29) is 11.5 Å². The fraction of sp³-hybridized carbons (Fsp3) is 0.647. The molecule has 112 valence electrons. The summed E-state index contributed by atoms with van der Waals surface area (Å²) in [5.74, 6) is 1.29. The third-order valence-corrected chi connectivity index (χ3v) is 4.56. The molecule has 1 aromatic carbocycles. The van der Waals surface area contributed by atoms with Crippen LogP contribution in [0.3, 0.4) is 0 Å². The average Bonchev–Trinajstić information content (AvgIpc) is 2.67. The number of hydrogen-bond acceptors (Lipinski definition) is 3. The minimum Gasteiger partial charge on any atom is -0.497 e. The van der Waals surface area contributed by atoms with Crippen LogP contribution in [0.25, 0.3) is 0 Å². The standard InChI is InChI=1S/C17H27NO2/c1-17(2)10-9-14(16(17)19)12-18(3)11-13-5-7-15(20-4)8-6-13/h5-8,14,16,19H,9-12H2,1-4H3. The number of ether oxygens (including phenoxy) is 1. The summed E-state index contributed by atoms with van der Waals surface area (Å²) in [6.07, 6.45) is 2.07. The van der Waals surface area contributed by atoms with Gasteiger partial charge in [0.2, 0.25) is 0 Å². The van der Waals surface area contributed by atoms with Crippen LogP contribution < -0.4 is 4.74 Å². The van der Waals surface area contributed by atoms with Crippen molar-refractivity contribution >= 4 is 0 Å². The molecule has 3 nitrogen and oxygen atoms in total. The first-order valence-corrected chi connectivity index (χ1v) is 7.42. The second kappa shape index (κ2) is 6.15. The molecule has 2 rings (SSSR count). The zero-order valence-corrected chi connectivity index (χ0v) is 13.1. The minimum atomic E-state index is -0.180. The fourth-order valence-corrected chi connectivity index (χ4v) is 3.20. The van der Waals surface area contributed by atoms with Gasteiger partial charge in [-0.25, -0.2) is 0 Å². The van der Waals surface area contributed by atoms with Crippen molar-refractivity contribution in [2.24, 2.45) is 11.3 Å². The quantitative estimate of drug-likeness (QED) is 0.898. The summed E-state index contributed by atoms with van der Waals surface area (Å²) in [5.41, 5.74) is 1.35.